The highest BCUT2D eigenvalue weighted by Crippen LogP contribution is 2.12. The minimum absolute atomic E-state index is 0.240. The number of hydrogen-bond donors (Lipinski definition) is 2. The quantitative estimate of drug-likeness (QED) is 0.668. The van der Waals surface area contributed by atoms with Crippen LogP contribution in [-0.4, -0.2) is 37.5 Å². The summed E-state index contributed by atoms with van der Waals surface area (Å²) in [6.45, 7) is 5.12. The van der Waals surface area contributed by atoms with Gasteiger partial charge in [-0.05, 0) is 25.2 Å². The highest BCUT2D eigenvalue weighted by Gasteiger charge is 2.14. The summed E-state index contributed by atoms with van der Waals surface area (Å²) in [5.41, 5.74) is 0. The molecule has 1 unspecified atom stereocenters. The van der Waals surface area contributed by atoms with Crippen LogP contribution in [0.4, 0.5) is 0 Å². The Morgan fingerprint density at radius 1 is 1.62 bits per heavy atom. The van der Waals surface area contributed by atoms with Crippen LogP contribution < -0.4 is 5.32 Å². The molecule has 2 atom stereocenters. The van der Waals surface area contributed by atoms with Crippen molar-refractivity contribution in [1.29, 1.82) is 0 Å². The molecule has 0 radical (unpaired) electrons. The molecule has 0 aromatic carbocycles. The molecule has 1 fully saturated rings. The van der Waals surface area contributed by atoms with Crippen LogP contribution in [0.1, 0.15) is 26.2 Å². The molecule has 1 aliphatic heterocycles. The van der Waals surface area contributed by atoms with E-state index >= 15 is 0 Å². The van der Waals surface area contributed by atoms with Crippen molar-refractivity contribution in [1.82, 2.24) is 5.32 Å². The van der Waals surface area contributed by atoms with E-state index in [0.717, 1.165) is 26.2 Å². The second-order valence-corrected chi connectivity index (χ2v) is 3.78. The first-order chi connectivity index (χ1) is 6.36. The average Bonchev–Trinajstić information content (AvgIpc) is 2.21. The van der Waals surface area contributed by atoms with Crippen molar-refractivity contribution in [2.45, 2.75) is 32.2 Å². The summed E-state index contributed by atoms with van der Waals surface area (Å²) in [5.74, 6) is 0.648. The first-order valence-electron chi connectivity index (χ1n) is 5.28. The molecule has 0 saturated carbocycles. The van der Waals surface area contributed by atoms with Gasteiger partial charge in [-0.1, -0.05) is 6.92 Å². The molecule has 1 rings (SSSR count). The topological polar surface area (TPSA) is 41.5 Å². The van der Waals surface area contributed by atoms with Gasteiger partial charge in [-0.3, -0.25) is 0 Å². The summed E-state index contributed by atoms with van der Waals surface area (Å²) in [6, 6.07) is 0.266. The number of aliphatic hydroxyl groups is 1. The van der Waals surface area contributed by atoms with Gasteiger partial charge in [-0.2, -0.15) is 0 Å². The van der Waals surface area contributed by atoms with Gasteiger partial charge in [0.1, 0.15) is 0 Å². The lowest BCUT2D eigenvalue weighted by Gasteiger charge is -2.24. The van der Waals surface area contributed by atoms with Gasteiger partial charge in [0.2, 0.25) is 0 Å². The lowest BCUT2D eigenvalue weighted by atomic mass is 10.0. The Bertz CT molecular complexity index is 120. The standard InChI is InChI=1S/C10H21NO2/c1-2-10(7-12)11-6-9-4-3-5-13-8-9/h9-12H,2-8H2,1H3/t9?,10-/m0/s1. The minimum atomic E-state index is 0.240. The fourth-order valence-corrected chi connectivity index (χ4v) is 1.64. The van der Waals surface area contributed by atoms with E-state index in [-0.39, 0.29) is 12.6 Å². The molecule has 1 heterocycles. The third kappa shape index (κ3) is 4.07. The van der Waals surface area contributed by atoms with Gasteiger partial charge in [0.25, 0.3) is 0 Å². The lowest BCUT2D eigenvalue weighted by molar-refractivity contribution is 0.0527. The maximum absolute atomic E-state index is 8.96. The third-order valence-electron chi connectivity index (χ3n) is 2.66. The summed E-state index contributed by atoms with van der Waals surface area (Å²) in [7, 11) is 0. The van der Waals surface area contributed by atoms with E-state index in [0.29, 0.717) is 5.92 Å². The van der Waals surface area contributed by atoms with E-state index in [1.165, 1.54) is 12.8 Å². The largest absolute Gasteiger partial charge is 0.395 e. The molecule has 0 bridgehead atoms. The van der Waals surface area contributed by atoms with E-state index in [9.17, 15) is 0 Å². The Labute approximate surface area is 80.5 Å². The van der Waals surface area contributed by atoms with Crippen LogP contribution in [-0.2, 0) is 4.74 Å². The second kappa shape index (κ2) is 6.35. The second-order valence-electron chi connectivity index (χ2n) is 3.78. The molecule has 0 aromatic heterocycles. The van der Waals surface area contributed by atoms with Crippen LogP contribution in [0, 0.1) is 5.92 Å². The Kier molecular flexibility index (Phi) is 5.35. The van der Waals surface area contributed by atoms with Crippen molar-refractivity contribution in [3.05, 3.63) is 0 Å². The molecule has 0 aliphatic carbocycles. The van der Waals surface area contributed by atoms with Gasteiger partial charge < -0.3 is 15.2 Å². The smallest absolute Gasteiger partial charge is 0.0584 e. The summed E-state index contributed by atoms with van der Waals surface area (Å²) in [6.07, 6.45) is 3.43. The molecule has 3 nitrogen and oxygen atoms in total. The summed E-state index contributed by atoms with van der Waals surface area (Å²) >= 11 is 0. The molecule has 78 valence electrons. The number of aliphatic hydroxyl groups excluding tert-OH is 1. The van der Waals surface area contributed by atoms with Gasteiger partial charge in [-0.25, -0.2) is 0 Å². The molecule has 13 heavy (non-hydrogen) atoms. The Morgan fingerprint density at radius 3 is 3.00 bits per heavy atom. The highest BCUT2D eigenvalue weighted by molar-refractivity contribution is 4.70. The summed E-state index contributed by atoms with van der Waals surface area (Å²) < 4.78 is 5.38. The third-order valence-corrected chi connectivity index (χ3v) is 2.66. The molecular formula is C10H21NO2. The van der Waals surface area contributed by atoms with Crippen molar-refractivity contribution >= 4 is 0 Å². The van der Waals surface area contributed by atoms with Gasteiger partial charge in [0.05, 0.1) is 13.2 Å². The Balaban J connectivity index is 2.09. The predicted molar refractivity (Wildman–Crippen MR) is 52.7 cm³/mol. The van der Waals surface area contributed by atoms with E-state index in [1.54, 1.807) is 0 Å². The van der Waals surface area contributed by atoms with Crippen molar-refractivity contribution in [3.63, 3.8) is 0 Å². The molecule has 3 heteroatoms. The van der Waals surface area contributed by atoms with E-state index in [1.807, 2.05) is 0 Å². The molecule has 2 N–H and O–H groups in total. The maximum Gasteiger partial charge on any atom is 0.0584 e. The molecule has 0 spiro atoms. The van der Waals surface area contributed by atoms with Crippen LogP contribution >= 0.6 is 0 Å². The van der Waals surface area contributed by atoms with Crippen LogP contribution in [0.25, 0.3) is 0 Å². The van der Waals surface area contributed by atoms with Crippen molar-refractivity contribution in [3.8, 4) is 0 Å². The molecule has 0 amide bonds. The van der Waals surface area contributed by atoms with Gasteiger partial charge in [-0.15, -0.1) is 0 Å². The molecular weight excluding hydrogens is 166 g/mol. The zero-order chi connectivity index (χ0) is 9.52. The normalized spacial score (nSPS) is 25.8. The van der Waals surface area contributed by atoms with E-state index < -0.39 is 0 Å². The van der Waals surface area contributed by atoms with E-state index in [4.69, 9.17) is 9.84 Å². The average molecular weight is 187 g/mol. The van der Waals surface area contributed by atoms with Crippen molar-refractivity contribution in [2.24, 2.45) is 5.92 Å². The number of hydrogen-bond acceptors (Lipinski definition) is 3. The van der Waals surface area contributed by atoms with Crippen LogP contribution in [0.5, 0.6) is 0 Å². The Hall–Kier alpha value is -0.120. The number of nitrogens with one attached hydrogen (secondary N) is 1. The summed E-state index contributed by atoms with van der Waals surface area (Å²) in [4.78, 5) is 0. The van der Waals surface area contributed by atoms with Gasteiger partial charge in [0.15, 0.2) is 0 Å². The minimum Gasteiger partial charge on any atom is -0.395 e. The molecule has 1 saturated heterocycles. The maximum atomic E-state index is 8.96. The number of ether oxygens (including phenoxy) is 1. The zero-order valence-electron chi connectivity index (χ0n) is 8.46. The highest BCUT2D eigenvalue weighted by atomic mass is 16.5. The van der Waals surface area contributed by atoms with Crippen molar-refractivity contribution in [2.75, 3.05) is 26.4 Å². The van der Waals surface area contributed by atoms with E-state index in [2.05, 4.69) is 12.2 Å². The molecule has 1 aliphatic rings. The summed E-state index contributed by atoms with van der Waals surface area (Å²) in [5, 5.41) is 12.3. The predicted octanol–water partition coefficient (Wildman–Crippen LogP) is 0.773. The van der Waals surface area contributed by atoms with Gasteiger partial charge >= 0.3 is 0 Å². The van der Waals surface area contributed by atoms with Crippen LogP contribution in [0.15, 0.2) is 0 Å². The van der Waals surface area contributed by atoms with Crippen LogP contribution in [0.2, 0.25) is 0 Å². The fraction of sp³-hybridized carbons (Fsp3) is 1.00. The van der Waals surface area contributed by atoms with Crippen molar-refractivity contribution < 1.29 is 9.84 Å². The van der Waals surface area contributed by atoms with Crippen LogP contribution in [0.3, 0.4) is 0 Å². The monoisotopic (exact) mass is 187 g/mol. The number of rotatable bonds is 5. The first-order valence-corrected chi connectivity index (χ1v) is 5.28. The molecule has 0 aromatic rings. The first kappa shape index (κ1) is 11.0. The SMILES string of the molecule is CC[C@@H](CO)NCC1CCCOC1. The zero-order valence-corrected chi connectivity index (χ0v) is 8.46. The Morgan fingerprint density at radius 2 is 2.46 bits per heavy atom. The lowest BCUT2D eigenvalue weighted by Crippen LogP contribution is -2.37. The fourth-order valence-electron chi connectivity index (χ4n) is 1.64. The van der Waals surface area contributed by atoms with Gasteiger partial charge in [0, 0.05) is 19.2 Å².